The van der Waals surface area contributed by atoms with Gasteiger partial charge in [0.15, 0.2) is 0 Å². The molecule has 19 heavy (non-hydrogen) atoms. The second kappa shape index (κ2) is 6.03. The van der Waals surface area contributed by atoms with Gasteiger partial charge in [-0.15, -0.1) is 0 Å². The maximum absolute atomic E-state index is 8.87. The quantitative estimate of drug-likeness (QED) is 0.910. The molecule has 0 unspecified atom stereocenters. The van der Waals surface area contributed by atoms with E-state index in [9.17, 15) is 0 Å². The Hall–Kier alpha value is -2.31. The van der Waals surface area contributed by atoms with Crippen molar-refractivity contribution in [2.75, 3.05) is 6.61 Å². The van der Waals surface area contributed by atoms with E-state index >= 15 is 0 Å². The van der Waals surface area contributed by atoms with E-state index in [4.69, 9.17) is 15.1 Å². The number of ether oxygens (including phenoxy) is 1. The number of hydrogen-bond acceptors (Lipinski definition) is 3. The highest BCUT2D eigenvalue weighted by atomic mass is 16.5. The van der Waals surface area contributed by atoms with Crippen molar-refractivity contribution in [3.05, 3.63) is 59.2 Å². The van der Waals surface area contributed by atoms with Crippen LogP contribution in [0.25, 0.3) is 0 Å². The van der Waals surface area contributed by atoms with Crippen LogP contribution in [0.15, 0.2) is 42.5 Å². The molecule has 0 amide bonds. The van der Waals surface area contributed by atoms with E-state index in [0.717, 1.165) is 16.9 Å². The Labute approximate surface area is 112 Å². The largest absolute Gasteiger partial charge is 0.457 e. The molecule has 0 radical (unpaired) electrons. The smallest absolute Gasteiger partial charge is 0.127 e. The predicted molar refractivity (Wildman–Crippen MR) is 73.2 cm³/mol. The lowest BCUT2D eigenvalue weighted by molar-refractivity contribution is 0.299. The number of aliphatic hydroxyl groups excluding tert-OH is 1. The average molecular weight is 253 g/mol. The summed E-state index contributed by atoms with van der Waals surface area (Å²) in [5, 5.41) is 17.7. The summed E-state index contributed by atoms with van der Waals surface area (Å²) in [4.78, 5) is 0. The molecule has 0 saturated heterocycles. The molecule has 0 fully saturated rings. The van der Waals surface area contributed by atoms with Gasteiger partial charge in [0.25, 0.3) is 0 Å². The van der Waals surface area contributed by atoms with Crippen molar-refractivity contribution < 1.29 is 9.84 Å². The number of aryl methyl sites for hydroxylation is 1. The highest BCUT2D eigenvalue weighted by Gasteiger charge is 2.02. The second-order valence-electron chi connectivity index (χ2n) is 4.31. The molecule has 96 valence electrons. The predicted octanol–water partition coefficient (Wildman–Crippen LogP) is 3.19. The number of nitrogens with zero attached hydrogens (tertiary/aromatic N) is 1. The van der Waals surface area contributed by atoms with Crippen molar-refractivity contribution in [2.45, 2.75) is 13.3 Å². The minimum absolute atomic E-state index is 0.148. The molecule has 2 aromatic carbocycles. The third-order valence-corrected chi connectivity index (χ3v) is 2.88. The van der Waals surface area contributed by atoms with E-state index in [1.54, 1.807) is 12.1 Å². The molecule has 1 N–H and O–H groups in total. The zero-order valence-electron chi connectivity index (χ0n) is 10.8. The van der Waals surface area contributed by atoms with Gasteiger partial charge in [0.2, 0.25) is 0 Å². The summed E-state index contributed by atoms with van der Waals surface area (Å²) < 4.78 is 5.72. The lowest BCUT2D eigenvalue weighted by Crippen LogP contribution is -1.91. The Bertz CT molecular complexity index is 597. The molecule has 0 aromatic heterocycles. The van der Waals surface area contributed by atoms with Crippen LogP contribution in [0.5, 0.6) is 11.5 Å². The summed E-state index contributed by atoms with van der Waals surface area (Å²) in [6, 6.07) is 15.1. The van der Waals surface area contributed by atoms with Crippen LogP contribution in [0.1, 0.15) is 16.7 Å². The fraction of sp³-hybridized carbons (Fsp3) is 0.188. The first-order valence-electron chi connectivity index (χ1n) is 6.11. The molecule has 2 aromatic rings. The van der Waals surface area contributed by atoms with Gasteiger partial charge in [0.05, 0.1) is 11.6 Å². The van der Waals surface area contributed by atoms with Gasteiger partial charge in [0, 0.05) is 6.61 Å². The Morgan fingerprint density at radius 2 is 1.79 bits per heavy atom. The maximum Gasteiger partial charge on any atom is 0.127 e. The highest BCUT2D eigenvalue weighted by Crippen LogP contribution is 2.24. The van der Waals surface area contributed by atoms with Crippen LogP contribution >= 0.6 is 0 Å². The lowest BCUT2D eigenvalue weighted by Gasteiger charge is -2.08. The maximum atomic E-state index is 8.87. The summed E-state index contributed by atoms with van der Waals surface area (Å²) in [7, 11) is 0. The van der Waals surface area contributed by atoms with E-state index < -0.39 is 0 Å². The molecule has 0 atom stereocenters. The fourth-order valence-corrected chi connectivity index (χ4v) is 1.81. The van der Waals surface area contributed by atoms with Crippen LogP contribution in [0, 0.1) is 18.3 Å². The molecular weight excluding hydrogens is 238 g/mol. The van der Waals surface area contributed by atoms with Crippen LogP contribution < -0.4 is 4.74 Å². The molecule has 0 aliphatic heterocycles. The Kier molecular flexibility index (Phi) is 4.17. The van der Waals surface area contributed by atoms with Gasteiger partial charge in [-0.1, -0.05) is 12.1 Å². The molecule has 0 aliphatic rings. The standard InChI is InChI=1S/C16H15NO2/c1-12-10-16(7-4-14(12)11-17)19-15-5-2-13(3-6-15)8-9-18/h2-7,10,18H,8-9H2,1H3. The minimum Gasteiger partial charge on any atom is -0.457 e. The van der Waals surface area contributed by atoms with Gasteiger partial charge >= 0.3 is 0 Å². The molecule has 0 aliphatic carbocycles. The third-order valence-electron chi connectivity index (χ3n) is 2.88. The Morgan fingerprint density at radius 1 is 1.11 bits per heavy atom. The first kappa shape index (κ1) is 13.1. The van der Waals surface area contributed by atoms with Crippen molar-refractivity contribution in [3.63, 3.8) is 0 Å². The van der Waals surface area contributed by atoms with Gasteiger partial charge in [-0.05, 0) is 54.8 Å². The number of rotatable bonds is 4. The van der Waals surface area contributed by atoms with Gasteiger partial charge in [-0.3, -0.25) is 0 Å². The highest BCUT2D eigenvalue weighted by molar-refractivity contribution is 5.43. The third kappa shape index (κ3) is 3.34. The van der Waals surface area contributed by atoms with Crippen LogP contribution in [0.2, 0.25) is 0 Å². The lowest BCUT2D eigenvalue weighted by atomic mass is 10.1. The van der Waals surface area contributed by atoms with Gasteiger partial charge in [-0.2, -0.15) is 5.26 Å². The van der Waals surface area contributed by atoms with Gasteiger partial charge < -0.3 is 9.84 Å². The van der Waals surface area contributed by atoms with E-state index in [0.29, 0.717) is 17.7 Å². The summed E-state index contributed by atoms with van der Waals surface area (Å²) in [5.41, 5.74) is 2.63. The van der Waals surface area contributed by atoms with Crippen molar-refractivity contribution in [1.82, 2.24) is 0 Å². The topological polar surface area (TPSA) is 53.2 Å². The fourth-order valence-electron chi connectivity index (χ4n) is 1.81. The molecule has 3 nitrogen and oxygen atoms in total. The van der Waals surface area contributed by atoms with Crippen molar-refractivity contribution in [1.29, 1.82) is 5.26 Å². The first-order chi connectivity index (χ1) is 9.22. The zero-order chi connectivity index (χ0) is 13.7. The van der Waals surface area contributed by atoms with Crippen LogP contribution in [0.4, 0.5) is 0 Å². The monoisotopic (exact) mass is 253 g/mol. The average Bonchev–Trinajstić information content (AvgIpc) is 2.42. The summed E-state index contributed by atoms with van der Waals surface area (Å²) >= 11 is 0. The van der Waals surface area contributed by atoms with E-state index in [-0.39, 0.29) is 6.61 Å². The second-order valence-corrected chi connectivity index (χ2v) is 4.31. The van der Waals surface area contributed by atoms with Crippen molar-refractivity contribution in [3.8, 4) is 17.6 Å². The summed E-state index contributed by atoms with van der Waals surface area (Å²) in [6.45, 7) is 2.03. The van der Waals surface area contributed by atoms with E-state index in [2.05, 4.69) is 6.07 Å². The van der Waals surface area contributed by atoms with Crippen LogP contribution in [0.3, 0.4) is 0 Å². The molecule has 0 spiro atoms. The Balaban J connectivity index is 2.13. The molecule has 0 bridgehead atoms. The van der Waals surface area contributed by atoms with Gasteiger partial charge in [-0.25, -0.2) is 0 Å². The van der Waals surface area contributed by atoms with E-state index in [1.807, 2.05) is 37.3 Å². The SMILES string of the molecule is Cc1cc(Oc2ccc(CCO)cc2)ccc1C#N. The summed E-state index contributed by atoms with van der Waals surface area (Å²) in [5.74, 6) is 1.46. The molecule has 3 heteroatoms. The number of nitriles is 1. The molecule has 2 rings (SSSR count). The summed E-state index contributed by atoms with van der Waals surface area (Å²) in [6.07, 6.45) is 0.649. The van der Waals surface area contributed by atoms with Crippen molar-refractivity contribution >= 4 is 0 Å². The van der Waals surface area contributed by atoms with Crippen LogP contribution in [-0.2, 0) is 6.42 Å². The first-order valence-corrected chi connectivity index (χ1v) is 6.11. The van der Waals surface area contributed by atoms with Gasteiger partial charge in [0.1, 0.15) is 11.5 Å². The Morgan fingerprint density at radius 3 is 2.37 bits per heavy atom. The normalized spacial score (nSPS) is 9.95. The van der Waals surface area contributed by atoms with Crippen molar-refractivity contribution in [2.24, 2.45) is 0 Å². The van der Waals surface area contributed by atoms with Crippen LogP contribution in [-0.4, -0.2) is 11.7 Å². The molecule has 0 heterocycles. The minimum atomic E-state index is 0.148. The zero-order valence-corrected chi connectivity index (χ0v) is 10.8. The number of benzene rings is 2. The number of hydrogen-bond donors (Lipinski definition) is 1. The number of aliphatic hydroxyl groups is 1. The van der Waals surface area contributed by atoms with E-state index in [1.165, 1.54) is 0 Å². The molecule has 0 saturated carbocycles. The molecular formula is C16H15NO2.